The number of aromatic nitrogens is 1. The first kappa shape index (κ1) is 20.5. The van der Waals surface area contributed by atoms with E-state index in [0.717, 1.165) is 5.69 Å². The molecule has 3 heterocycles. The number of nitrogens with zero attached hydrogens (tertiary/aromatic N) is 3. The second-order valence-electron chi connectivity index (χ2n) is 7.18. The predicted octanol–water partition coefficient (Wildman–Crippen LogP) is 2.15. The first-order chi connectivity index (χ1) is 14.4. The van der Waals surface area contributed by atoms with Crippen molar-refractivity contribution in [3.05, 3.63) is 46.6 Å². The largest absolute Gasteiger partial charge is 0.451 e. The Hall–Kier alpha value is -2.78. The van der Waals surface area contributed by atoms with Crippen molar-refractivity contribution in [1.29, 1.82) is 0 Å². The molecule has 4 rings (SSSR count). The van der Waals surface area contributed by atoms with Gasteiger partial charge in [0.1, 0.15) is 12.0 Å². The number of carbonyl (C=O) groups is 3. The van der Waals surface area contributed by atoms with Crippen LogP contribution in [0.3, 0.4) is 0 Å². The number of rotatable bonds is 5. The maximum absolute atomic E-state index is 12.8. The summed E-state index contributed by atoms with van der Waals surface area (Å²) in [6.07, 6.45) is 2.63. The Morgan fingerprint density at radius 1 is 1.13 bits per heavy atom. The van der Waals surface area contributed by atoms with Crippen molar-refractivity contribution in [3.8, 4) is 0 Å². The molecule has 2 N–H and O–H groups in total. The van der Waals surface area contributed by atoms with Gasteiger partial charge in [0.25, 0.3) is 5.91 Å². The van der Waals surface area contributed by atoms with Crippen molar-refractivity contribution < 1.29 is 18.8 Å². The van der Waals surface area contributed by atoms with Gasteiger partial charge in [0.15, 0.2) is 11.9 Å². The Balaban J connectivity index is 1.38. The zero-order valence-corrected chi connectivity index (χ0v) is 17.4. The fraction of sp³-hybridized carbons (Fsp3) is 0.368. The number of amides is 4. The van der Waals surface area contributed by atoms with E-state index < -0.39 is 17.5 Å². The van der Waals surface area contributed by atoms with Gasteiger partial charge in [-0.3, -0.25) is 14.9 Å². The topological polar surface area (TPSA) is 108 Å². The van der Waals surface area contributed by atoms with Crippen LogP contribution in [0.1, 0.15) is 18.5 Å². The standard InChI is InChI=1S/C19H19Cl2N5O4/c20-12-7-13(21)9-14(8-12)25-3-5-26(6-4-25)16(27)1-2-19(15-10-30-11-22-15)17(28)23-18(29)24-19/h7-11H,1-6H2,(H2,23,24,28,29). The van der Waals surface area contributed by atoms with Crippen molar-refractivity contribution >= 4 is 46.7 Å². The third-order valence-corrected chi connectivity index (χ3v) is 5.81. The number of hydrogen-bond donors (Lipinski definition) is 2. The molecule has 1 aromatic heterocycles. The van der Waals surface area contributed by atoms with Gasteiger partial charge in [-0.05, 0) is 24.6 Å². The Bertz CT molecular complexity index is 955. The molecular formula is C19H19Cl2N5O4. The summed E-state index contributed by atoms with van der Waals surface area (Å²) in [7, 11) is 0. The molecule has 0 spiro atoms. The summed E-state index contributed by atoms with van der Waals surface area (Å²) >= 11 is 12.2. The quantitative estimate of drug-likeness (QED) is 0.674. The van der Waals surface area contributed by atoms with E-state index in [1.54, 1.807) is 11.0 Å². The highest BCUT2D eigenvalue weighted by Crippen LogP contribution is 2.30. The minimum Gasteiger partial charge on any atom is -0.451 e. The Labute approximate surface area is 182 Å². The second kappa shape index (κ2) is 8.16. The van der Waals surface area contributed by atoms with Gasteiger partial charge >= 0.3 is 6.03 Å². The number of oxazole rings is 1. The molecule has 0 bridgehead atoms. The third-order valence-electron chi connectivity index (χ3n) is 5.37. The molecule has 2 aromatic rings. The van der Waals surface area contributed by atoms with Crippen molar-refractivity contribution in [2.75, 3.05) is 31.1 Å². The highest BCUT2D eigenvalue weighted by Gasteiger charge is 2.49. The average Bonchev–Trinajstić information content (AvgIpc) is 3.34. The van der Waals surface area contributed by atoms with E-state index in [1.165, 1.54) is 12.7 Å². The van der Waals surface area contributed by atoms with Crippen LogP contribution in [0.2, 0.25) is 10.0 Å². The summed E-state index contributed by atoms with van der Waals surface area (Å²) in [4.78, 5) is 44.8. The molecule has 0 aliphatic carbocycles. The van der Waals surface area contributed by atoms with Crippen molar-refractivity contribution in [2.24, 2.45) is 0 Å². The highest BCUT2D eigenvalue weighted by atomic mass is 35.5. The van der Waals surface area contributed by atoms with E-state index in [4.69, 9.17) is 27.6 Å². The molecule has 1 atom stereocenters. The predicted molar refractivity (Wildman–Crippen MR) is 109 cm³/mol. The normalized spacial score (nSPS) is 21.5. The van der Waals surface area contributed by atoms with E-state index in [1.807, 2.05) is 12.1 Å². The van der Waals surface area contributed by atoms with Gasteiger partial charge in [0.05, 0.1) is 0 Å². The van der Waals surface area contributed by atoms with Crippen molar-refractivity contribution in [3.63, 3.8) is 0 Å². The summed E-state index contributed by atoms with van der Waals surface area (Å²) in [5, 5.41) is 5.92. The molecule has 0 radical (unpaired) electrons. The van der Waals surface area contributed by atoms with E-state index in [0.29, 0.717) is 36.2 Å². The number of halogens is 2. The molecule has 4 amide bonds. The van der Waals surface area contributed by atoms with Gasteiger partial charge in [0, 0.05) is 48.3 Å². The van der Waals surface area contributed by atoms with Crippen LogP contribution in [0, 0.1) is 0 Å². The van der Waals surface area contributed by atoms with Gasteiger partial charge in [-0.25, -0.2) is 9.78 Å². The first-order valence-electron chi connectivity index (χ1n) is 9.38. The fourth-order valence-corrected chi connectivity index (χ4v) is 4.30. The van der Waals surface area contributed by atoms with Crippen LogP contribution in [0.4, 0.5) is 10.5 Å². The molecule has 2 saturated heterocycles. The SMILES string of the molecule is O=C1NC(=O)C(CCC(=O)N2CCN(c3cc(Cl)cc(Cl)c3)CC2)(c2cocn2)N1. The smallest absolute Gasteiger partial charge is 0.322 e. The zero-order chi connectivity index (χ0) is 21.3. The van der Waals surface area contributed by atoms with E-state index in [2.05, 4.69) is 20.5 Å². The van der Waals surface area contributed by atoms with Crippen molar-refractivity contribution in [2.45, 2.75) is 18.4 Å². The van der Waals surface area contributed by atoms with E-state index >= 15 is 0 Å². The monoisotopic (exact) mass is 451 g/mol. The number of imide groups is 1. The van der Waals surface area contributed by atoms with Gasteiger partial charge in [-0.1, -0.05) is 23.2 Å². The van der Waals surface area contributed by atoms with Crippen LogP contribution >= 0.6 is 23.2 Å². The maximum Gasteiger partial charge on any atom is 0.322 e. The van der Waals surface area contributed by atoms with E-state index in [-0.39, 0.29) is 24.4 Å². The number of piperazine rings is 1. The summed E-state index contributed by atoms with van der Waals surface area (Å²) in [6.45, 7) is 2.32. The minimum absolute atomic E-state index is 0.0730. The highest BCUT2D eigenvalue weighted by molar-refractivity contribution is 6.35. The van der Waals surface area contributed by atoms with Gasteiger partial charge in [-0.2, -0.15) is 0 Å². The molecule has 2 aliphatic heterocycles. The Kier molecular flexibility index (Phi) is 5.57. The minimum atomic E-state index is -1.40. The molecule has 1 aromatic carbocycles. The number of carbonyl (C=O) groups excluding carboxylic acids is 3. The fourth-order valence-electron chi connectivity index (χ4n) is 3.79. The Morgan fingerprint density at radius 2 is 1.83 bits per heavy atom. The zero-order valence-electron chi connectivity index (χ0n) is 15.9. The summed E-state index contributed by atoms with van der Waals surface area (Å²) < 4.78 is 4.97. The molecule has 11 heteroatoms. The van der Waals surface area contributed by atoms with Crippen LogP contribution in [0.25, 0.3) is 0 Å². The lowest BCUT2D eigenvalue weighted by Crippen LogP contribution is -2.50. The summed E-state index contributed by atoms with van der Waals surface area (Å²) in [6, 6.07) is 4.74. The molecular weight excluding hydrogens is 433 g/mol. The van der Waals surface area contributed by atoms with Crippen LogP contribution in [0.15, 0.2) is 35.3 Å². The molecule has 0 saturated carbocycles. The lowest BCUT2D eigenvalue weighted by molar-refractivity contribution is -0.132. The first-order valence-corrected chi connectivity index (χ1v) is 10.1. The van der Waals surface area contributed by atoms with Crippen molar-refractivity contribution in [1.82, 2.24) is 20.5 Å². The van der Waals surface area contributed by atoms with Gasteiger partial charge in [-0.15, -0.1) is 0 Å². The van der Waals surface area contributed by atoms with Gasteiger partial charge < -0.3 is 19.5 Å². The number of hydrogen-bond acceptors (Lipinski definition) is 6. The van der Waals surface area contributed by atoms with Crippen LogP contribution in [-0.4, -0.2) is 53.9 Å². The molecule has 2 aliphatic rings. The van der Waals surface area contributed by atoms with E-state index in [9.17, 15) is 14.4 Å². The molecule has 1 unspecified atom stereocenters. The van der Waals surface area contributed by atoms with Gasteiger partial charge in [0.2, 0.25) is 5.91 Å². The molecule has 30 heavy (non-hydrogen) atoms. The average molecular weight is 452 g/mol. The van der Waals surface area contributed by atoms with Crippen LogP contribution in [0.5, 0.6) is 0 Å². The number of nitrogens with one attached hydrogen (secondary N) is 2. The summed E-state index contributed by atoms with van der Waals surface area (Å²) in [5.41, 5.74) is -0.227. The maximum atomic E-state index is 12.8. The third kappa shape index (κ3) is 3.95. The van der Waals surface area contributed by atoms with Crippen LogP contribution in [-0.2, 0) is 15.1 Å². The molecule has 9 nitrogen and oxygen atoms in total. The second-order valence-corrected chi connectivity index (χ2v) is 8.06. The molecule has 158 valence electrons. The van der Waals surface area contributed by atoms with Crippen LogP contribution < -0.4 is 15.5 Å². The lowest BCUT2D eigenvalue weighted by atomic mass is 9.90. The number of anilines is 1. The Morgan fingerprint density at radius 3 is 2.40 bits per heavy atom. The number of benzene rings is 1. The summed E-state index contributed by atoms with van der Waals surface area (Å²) in [5.74, 6) is -0.646. The molecule has 2 fully saturated rings. The number of urea groups is 1. The lowest BCUT2D eigenvalue weighted by Gasteiger charge is -2.36.